The van der Waals surface area contributed by atoms with E-state index in [9.17, 15) is 8.42 Å². The molecule has 0 saturated heterocycles. The quantitative estimate of drug-likeness (QED) is 0.424. The summed E-state index contributed by atoms with van der Waals surface area (Å²) < 4.78 is 30.4. The Bertz CT molecular complexity index is 220. The summed E-state index contributed by atoms with van der Waals surface area (Å²) in [6.07, 6.45) is 0. The predicted molar refractivity (Wildman–Crippen MR) is 44.3 cm³/mol. The first kappa shape index (κ1) is 11.4. The highest BCUT2D eigenvalue weighted by atomic mass is 35.5. The van der Waals surface area contributed by atoms with Gasteiger partial charge in [-0.3, -0.25) is 4.55 Å². The topological polar surface area (TPSA) is 66.4 Å². The van der Waals surface area contributed by atoms with Gasteiger partial charge in [-0.1, -0.05) is 0 Å². The molecule has 0 rings (SSSR count). The van der Waals surface area contributed by atoms with Crippen molar-refractivity contribution in [2.24, 2.45) is 0 Å². The molecule has 0 aromatic carbocycles. The molecule has 0 aromatic heterocycles. The molecule has 68 valence electrons. The molecule has 7 heteroatoms. The number of hydrogen-bond acceptors (Lipinski definition) is 2. The highest BCUT2D eigenvalue weighted by molar-refractivity contribution is 7.83. The molecule has 0 aliphatic heterocycles. The van der Waals surface area contributed by atoms with E-state index in [-0.39, 0.29) is 0 Å². The van der Waals surface area contributed by atoms with Crippen molar-refractivity contribution in [1.82, 2.24) is 4.72 Å². The average molecular weight is 222 g/mol. The highest BCUT2D eigenvalue weighted by Gasteiger charge is 2.27. The second-order valence-electron chi connectivity index (χ2n) is 2.52. The minimum absolute atomic E-state index is 0.947. The van der Waals surface area contributed by atoms with Crippen LogP contribution in [0.3, 0.4) is 0 Å². The molecule has 0 fully saturated rings. The largest absolute Gasteiger partial charge is 0.334 e. The third-order valence-electron chi connectivity index (χ3n) is 0.855. The fraction of sp³-hybridized carbons (Fsp3) is 1.00. The van der Waals surface area contributed by atoms with Gasteiger partial charge in [-0.2, -0.15) is 13.1 Å². The minimum atomic E-state index is -4.27. The third kappa shape index (κ3) is 5.69. The lowest BCUT2D eigenvalue weighted by Gasteiger charge is -2.21. The number of alkyl halides is 2. The van der Waals surface area contributed by atoms with Gasteiger partial charge in [0, 0.05) is 0 Å². The Balaban J connectivity index is 4.21. The molecule has 0 amide bonds. The van der Waals surface area contributed by atoms with Crippen molar-refractivity contribution in [1.29, 1.82) is 0 Å². The van der Waals surface area contributed by atoms with Crippen molar-refractivity contribution in [2.75, 3.05) is 0 Å². The molecule has 0 saturated carbocycles. The monoisotopic (exact) mass is 221 g/mol. The van der Waals surface area contributed by atoms with Crippen molar-refractivity contribution >= 4 is 33.5 Å². The first-order valence-corrected chi connectivity index (χ1v) is 4.96. The Hall–Kier alpha value is 0.450. The van der Waals surface area contributed by atoms with Gasteiger partial charge >= 0.3 is 10.3 Å². The van der Waals surface area contributed by atoms with Crippen LogP contribution in [-0.4, -0.2) is 23.3 Å². The molecule has 11 heavy (non-hydrogen) atoms. The lowest BCUT2D eigenvalue weighted by atomic mass is 10.2. The van der Waals surface area contributed by atoms with Gasteiger partial charge in [0.2, 0.25) is 0 Å². The molecule has 0 aromatic rings. The first-order chi connectivity index (χ1) is 4.63. The van der Waals surface area contributed by atoms with Gasteiger partial charge in [-0.05, 0) is 13.8 Å². The standard InChI is InChI=1S/C4H9Cl2NO3S/c1-4(2,6)3(5)7-11(8,9)10/h3,7H,1-2H3,(H,8,9,10). The normalized spacial score (nSPS) is 16.5. The molecule has 0 bridgehead atoms. The van der Waals surface area contributed by atoms with E-state index in [1.165, 1.54) is 13.8 Å². The maximum Gasteiger partial charge on any atom is 0.334 e. The van der Waals surface area contributed by atoms with Crippen LogP contribution in [0.15, 0.2) is 0 Å². The summed E-state index contributed by atoms with van der Waals surface area (Å²) in [5.74, 6) is 0. The lowest BCUT2D eigenvalue weighted by molar-refractivity contribution is 0.455. The van der Waals surface area contributed by atoms with E-state index in [1.54, 1.807) is 4.72 Å². The van der Waals surface area contributed by atoms with Gasteiger partial charge in [0.1, 0.15) is 5.50 Å². The zero-order valence-electron chi connectivity index (χ0n) is 6.01. The van der Waals surface area contributed by atoms with Gasteiger partial charge in [0.25, 0.3) is 0 Å². The summed E-state index contributed by atoms with van der Waals surface area (Å²) >= 11 is 11.1. The molecule has 0 heterocycles. The van der Waals surface area contributed by atoms with Gasteiger partial charge < -0.3 is 0 Å². The molecule has 4 nitrogen and oxygen atoms in total. The highest BCUT2D eigenvalue weighted by Crippen LogP contribution is 2.21. The second-order valence-corrected chi connectivity index (χ2v) is 5.12. The van der Waals surface area contributed by atoms with E-state index >= 15 is 0 Å². The Morgan fingerprint density at radius 2 is 1.91 bits per heavy atom. The van der Waals surface area contributed by atoms with Gasteiger partial charge in [-0.25, -0.2) is 0 Å². The van der Waals surface area contributed by atoms with Crippen molar-refractivity contribution in [3.63, 3.8) is 0 Å². The van der Waals surface area contributed by atoms with E-state index in [0.717, 1.165) is 0 Å². The van der Waals surface area contributed by atoms with Crippen molar-refractivity contribution in [3.05, 3.63) is 0 Å². The van der Waals surface area contributed by atoms with E-state index in [1.807, 2.05) is 0 Å². The molecular formula is C4H9Cl2NO3S. The molecule has 0 radical (unpaired) electrons. The molecule has 0 aliphatic rings. The SMILES string of the molecule is CC(C)(Cl)C(Cl)NS(=O)(=O)O. The number of rotatable bonds is 3. The molecule has 1 atom stereocenters. The maximum absolute atomic E-state index is 10.2. The number of hydrogen-bond donors (Lipinski definition) is 2. The fourth-order valence-corrected chi connectivity index (χ4v) is 1.28. The van der Waals surface area contributed by atoms with E-state index < -0.39 is 20.7 Å². The molecular weight excluding hydrogens is 213 g/mol. The predicted octanol–water partition coefficient (Wildman–Crippen LogP) is 0.961. The van der Waals surface area contributed by atoms with E-state index in [0.29, 0.717) is 0 Å². The third-order valence-corrected chi connectivity index (χ3v) is 2.50. The maximum atomic E-state index is 10.2. The summed E-state index contributed by atoms with van der Waals surface area (Å²) in [5.41, 5.74) is -1.04. The molecule has 0 spiro atoms. The van der Waals surface area contributed by atoms with Crippen LogP contribution in [0.25, 0.3) is 0 Å². The zero-order chi connectivity index (χ0) is 9.28. The van der Waals surface area contributed by atoms with Crippen LogP contribution in [0.2, 0.25) is 0 Å². The van der Waals surface area contributed by atoms with E-state index in [4.69, 9.17) is 27.8 Å². The minimum Gasteiger partial charge on any atom is -0.273 e. The van der Waals surface area contributed by atoms with Crippen LogP contribution in [0.1, 0.15) is 13.8 Å². The Labute approximate surface area is 75.8 Å². The number of nitrogens with one attached hydrogen (secondary N) is 1. The van der Waals surface area contributed by atoms with Crippen LogP contribution in [0, 0.1) is 0 Å². The molecule has 2 N–H and O–H groups in total. The van der Waals surface area contributed by atoms with Gasteiger partial charge in [0.05, 0.1) is 4.87 Å². The summed E-state index contributed by atoms with van der Waals surface area (Å²) in [4.78, 5) is -0.947. The van der Waals surface area contributed by atoms with Crippen molar-refractivity contribution in [2.45, 2.75) is 24.2 Å². The van der Waals surface area contributed by atoms with E-state index in [2.05, 4.69) is 0 Å². The van der Waals surface area contributed by atoms with Gasteiger partial charge in [-0.15, -0.1) is 23.2 Å². The summed E-state index contributed by atoms with van der Waals surface area (Å²) in [6, 6.07) is 0. The summed E-state index contributed by atoms with van der Waals surface area (Å²) in [7, 11) is -4.27. The Kier molecular flexibility index (Phi) is 3.59. The molecule has 0 aliphatic carbocycles. The van der Waals surface area contributed by atoms with Crippen LogP contribution in [0.5, 0.6) is 0 Å². The fourth-order valence-electron chi connectivity index (χ4n) is 0.271. The zero-order valence-corrected chi connectivity index (χ0v) is 8.33. The van der Waals surface area contributed by atoms with Crippen molar-refractivity contribution < 1.29 is 13.0 Å². The summed E-state index contributed by atoms with van der Waals surface area (Å²) in [5, 5.41) is 0. The Morgan fingerprint density at radius 3 is 2.00 bits per heavy atom. The van der Waals surface area contributed by atoms with Crippen LogP contribution < -0.4 is 4.72 Å². The van der Waals surface area contributed by atoms with Crippen molar-refractivity contribution in [3.8, 4) is 0 Å². The average Bonchev–Trinajstić information content (AvgIpc) is 1.56. The summed E-state index contributed by atoms with van der Waals surface area (Å²) in [6.45, 7) is 3.04. The second kappa shape index (κ2) is 3.45. The smallest absolute Gasteiger partial charge is 0.273 e. The molecule has 1 unspecified atom stereocenters. The number of halogens is 2. The van der Waals surface area contributed by atoms with Crippen LogP contribution in [0.4, 0.5) is 0 Å². The Morgan fingerprint density at radius 1 is 1.55 bits per heavy atom. The van der Waals surface area contributed by atoms with Crippen LogP contribution >= 0.6 is 23.2 Å². The van der Waals surface area contributed by atoms with Gasteiger partial charge in [0.15, 0.2) is 0 Å². The van der Waals surface area contributed by atoms with Crippen LogP contribution in [-0.2, 0) is 10.3 Å². The lowest BCUT2D eigenvalue weighted by Crippen LogP contribution is -2.41. The first-order valence-electron chi connectivity index (χ1n) is 2.70.